The lowest BCUT2D eigenvalue weighted by Crippen LogP contribution is -2.14. The summed E-state index contributed by atoms with van der Waals surface area (Å²) < 4.78 is 24.2. The van der Waals surface area contributed by atoms with Gasteiger partial charge in [0.1, 0.15) is 11.6 Å². The summed E-state index contributed by atoms with van der Waals surface area (Å²) in [4.78, 5) is 0. The fourth-order valence-electron chi connectivity index (χ4n) is 1.82. The number of halogens is 1. The zero-order valence-electron chi connectivity index (χ0n) is 11.6. The number of hydrogen-bond donors (Lipinski definition) is 2. The van der Waals surface area contributed by atoms with Crippen LogP contribution in [0.15, 0.2) is 41.6 Å². The van der Waals surface area contributed by atoms with Crippen LogP contribution in [-0.2, 0) is 0 Å². The van der Waals surface area contributed by atoms with E-state index in [1.54, 1.807) is 6.07 Å². The molecule has 21 heavy (non-hydrogen) atoms. The monoisotopic (exact) mass is 290 g/mol. The first-order valence-corrected chi connectivity index (χ1v) is 6.15. The van der Waals surface area contributed by atoms with Crippen molar-refractivity contribution >= 4 is 5.84 Å². The summed E-state index contributed by atoms with van der Waals surface area (Å²) in [6.07, 6.45) is 0. The van der Waals surface area contributed by atoms with Gasteiger partial charge in [0.15, 0.2) is 17.3 Å². The molecule has 0 radical (unpaired) electrons. The summed E-state index contributed by atoms with van der Waals surface area (Å²) in [7, 11) is 1.52. The minimum absolute atomic E-state index is 0.153. The Morgan fingerprint density at radius 3 is 2.52 bits per heavy atom. The maximum absolute atomic E-state index is 13.3. The maximum Gasteiger partial charge on any atom is 0.173 e. The SMILES string of the molecule is COc1cc(C)ccc1Oc1ccc(F)cc1C(N)=NO. The average Bonchev–Trinajstić information content (AvgIpc) is 2.49. The summed E-state index contributed by atoms with van der Waals surface area (Å²) in [6.45, 7) is 1.92. The third-order valence-electron chi connectivity index (χ3n) is 2.86. The fourth-order valence-corrected chi connectivity index (χ4v) is 1.82. The van der Waals surface area contributed by atoms with Crippen LogP contribution in [0.4, 0.5) is 4.39 Å². The molecule has 5 nitrogen and oxygen atoms in total. The molecule has 0 aliphatic heterocycles. The molecule has 110 valence electrons. The number of nitrogens with two attached hydrogens (primary N) is 1. The van der Waals surface area contributed by atoms with Crippen LogP contribution in [0.25, 0.3) is 0 Å². The van der Waals surface area contributed by atoms with Gasteiger partial charge in [-0.3, -0.25) is 0 Å². The van der Waals surface area contributed by atoms with Crippen molar-refractivity contribution < 1.29 is 19.1 Å². The second-order valence-corrected chi connectivity index (χ2v) is 4.38. The molecule has 0 fully saturated rings. The van der Waals surface area contributed by atoms with Gasteiger partial charge in [-0.05, 0) is 42.8 Å². The van der Waals surface area contributed by atoms with Crippen LogP contribution >= 0.6 is 0 Å². The standard InChI is InChI=1S/C15H15FN2O3/c1-9-3-5-13(14(7-9)20-2)21-12-6-4-10(16)8-11(12)15(17)18-19/h3-8,19H,1-2H3,(H2,17,18). The third-order valence-corrected chi connectivity index (χ3v) is 2.86. The topological polar surface area (TPSA) is 77.1 Å². The van der Waals surface area contributed by atoms with E-state index >= 15 is 0 Å². The lowest BCUT2D eigenvalue weighted by molar-refractivity contribution is 0.318. The van der Waals surface area contributed by atoms with Crippen molar-refractivity contribution in [1.82, 2.24) is 0 Å². The summed E-state index contributed by atoms with van der Waals surface area (Å²) in [5.74, 6) is 0.482. The van der Waals surface area contributed by atoms with Gasteiger partial charge in [-0.15, -0.1) is 0 Å². The van der Waals surface area contributed by atoms with Crippen molar-refractivity contribution in [2.45, 2.75) is 6.92 Å². The van der Waals surface area contributed by atoms with Crippen LogP contribution in [0.2, 0.25) is 0 Å². The van der Waals surface area contributed by atoms with E-state index in [9.17, 15) is 4.39 Å². The van der Waals surface area contributed by atoms with E-state index in [-0.39, 0.29) is 17.1 Å². The molecule has 0 aliphatic carbocycles. The highest BCUT2D eigenvalue weighted by Gasteiger charge is 2.13. The molecule has 0 spiro atoms. The molecular weight excluding hydrogens is 275 g/mol. The predicted octanol–water partition coefficient (Wildman–Crippen LogP) is 3.03. The molecule has 0 aromatic heterocycles. The van der Waals surface area contributed by atoms with Crippen LogP contribution < -0.4 is 15.2 Å². The van der Waals surface area contributed by atoms with Crippen LogP contribution in [0.5, 0.6) is 17.2 Å². The van der Waals surface area contributed by atoms with E-state index in [0.717, 1.165) is 11.6 Å². The molecule has 2 aromatic rings. The van der Waals surface area contributed by atoms with Crippen molar-refractivity contribution in [1.29, 1.82) is 0 Å². The number of hydrogen-bond acceptors (Lipinski definition) is 4. The molecule has 0 aliphatic rings. The van der Waals surface area contributed by atoms with E-state index in [1.807, 2.05) is 19.1 Å². The van der Waals surface area contributed by atoms with E-state index in [1.165, 1.54) is 19.2 Å². The number of nitrogens with zero attached hydrogens (tertiary/aromatic N) is 1. The quantitative estimate of drug-likeness (QED) is 0.393. The van der Waals surface area contributed by atoms with Gasteiger partial charge in [-0.1, -0.05) is 11.2 Å². The normalized spacial score (nSPS) is 11.3. The van der Waals surface area contributed by atoms with E-state index in [2.05, 4.69) is 5.16 Å². The molecular formula is C15H15FN2O3. The average molecular weight is 290 g/mol. The van der Waals surface area contributed by atoms with Crippen molar-refractivity contribution in [3.05, 3.63) is 53.3 Å². The Morgan fingerprint density at radius 1 is 1.14 bits per heavy atom. The van der Waals surface area contributed by atoms with E-state index in [0.29, 0.717) is 11.5 Å². The van der Waals surface area contributed by atoms with Gasteiger partial charge >= 0.3 is 0 Å². The zero-order chi connectivity index (χ0) is 15.4. The number of benzene rings is 2. The van der Waals surface area contributed by atoms with Gasteiger partial charge in [0.2, 0.25) is 0 Å². The van der Waals surface area contributed by atoms with Gasteiger partial charge in [0.05, 0.1) is 12.7 Å². The Bertz CT molecular complexity index is 687. The second-order valence-electron chi connectivity index (χ2n) is 4.38. The van der Waals surface area contributed by atoms with Gasteiger partial charge in [0, 0.05) is 0 Å². The number of amidine groups is 1. The molecule has 2 rings (SSSR count). The van der Waals surface area contributed by atoms with Crippen LogP contribution in [0.3, 0.4) is 0 Å². The summed E-state index contributed by atoms with van der Waals surface area (Å²) in [5, 5.41) is 11.6. The lowest BCUT2D eigenvalue weighted by atomic mass is 10.1. The number of oxime groups is 1. The van der Waals surface area contributed by atoms with Crippen LogP contribution in [-0.4, -0.2) is 18.2 Å². The molecule has 0 atom stereocenters. The maximum atomic E-state index is 13.3. The Hall–Kier alpha value is -2.76. The molecule has 3 N–H and O–H groups in total. The molecule has 0 amide bonds. The van der Waals surface area contributed by atoms with E-state index in [4.69, 9.17) is 20.4 Å². The Labute approximate surface area is 121 Å². The minimum Gasteiger partial charge on any atom is -0.493 e. The largest absolute Gasteiger partial charge is 0.493 e. The minimum atomic E-state index is -0.514. The number of aryl methyl sites for hydroxylation is 1. The Kier molecular flexibility index (Phi) is 4.27. The van der Waals surface area contributed by atoms with Gasteiger partial charge in [0.25, 0.3) is 0 Å². The number of ether oxygens (including phenoxy) is 2. The van der Waals surface area contributed by atoms with Crippen LogP contribution in [0.1, 0.15) is 11.1 Å². The van der Waals surface area contributed by atoms with Crippen LogP contribution in [0, 0.1) is 12.7 Å². The summed E-state index contributed by atoms with van der Waals surface area (Å²) in [5.41, 5.74) is 6.70. The Morgan fingerprint density at radius 2 is 1.86 bits per heavy atom. The molecule has 0 unspecified atom stereocenters. The third kappa shape index (κ3) is 3.22. The highest BCUT2D eigenvalue weighted by molar-refractivity contribution is 5.99. The number of methoxy groups -OCH3 is 1. The summed E-state index contributed by atoms with van der Waals surface area (Å²) in [6, 6.07) is 9.15. The lowest BCUT2D eigenvalue weighted by Gasteiger charge is -2.13. The van der Waals surface area contributed by atoms with Crippen molar-refractivity contribution in [3.63, 3.8) is 0 Å². The first-order valence-electron chi connectivity index (χ1n) is 6.15. The smallest absolute Gasteiger partial charge is 0.173 e. The highest BCUT2D eigenvalue weighted by atomic mass is 19.1. The molecule has 0 heterocycles. The highest BCUT2D eigenvalue weighted by Crippen LogP contribution is 2.33. The fraction of sp³-hybridized carbons (Fsp3) is 0.133. The Balaban J connectivity index is 2.45. The predicted molar refractivity (Wildman–Crippen MR) is 76.7 cm³/mol. The molecule has 2 aromatic carbocycles. The van der Waals surface area contributed by atoms with E-state index < -0.39 is 5.82 Å². The van der Waals surface area contributed by atoms with Gasteiger partial charge < -0.3 is 20.4 Å². The second kappa shape index (κ2) is 6.13. The summed E-state index contributed by atoms with van der Waals surface area (Å²) >= 11 is 0. The first-order chi connectivity index (χ1) is 10.0. The number of rotatable bonds is 4. The molecule has 0 bridgehead atoms. The molecule has 0 saturated carbocycles. The molecule has 6 heteroatoms. The first kappa shape index (κ1) is 14.6. The van der Waals surface area contributed by atoms with Gasteiger partial charge in [-0.2, -0.15) is 0 Å². The van der Waals surface area contributed by atoms with Gasteiger partial charge in [-0.25, -0.2) is 4.39 Å². The van der Waals surface area contributed by atoms with Crippen molar-refractivity contribution in [3.8, 4) is 17.2 Å². The zero-order valence-corrected chi connectivity index (χ0v) is 11.6. The van der Waals surface area contributed by atoms with Crippen molar-refractivity contribution in [2.75, 3.05) is 7.11 Å². The van der Waals surface area contributed by atoms with Crippen molar-refractivity contribution in [2.24, 2.45) is 10.9 Å². The molecule has 0 saturated heterocycles.